The van der Waals surface area contributed by atoms with Crippen LogP contribution in [-0.4, -0.2) is 35.0 Å². The van der Waals surface area contributed by atoms with Gasteiger partial charge in [-0.3, -0.25) is 9.48 Å². The average molecular weight is 549 g/mol. The van der Waals surface area contributed by atoms with Gasteiger partial charge in [-0.1, -0.05) is 65.7 Å². The van der Waals surface area contributed by atoms with Crippen molar-refractivity contribution in [2.24, 2.45) is 7.05 Å². The standard InChI is InChI=1S/C29H29ClN4O3S/c1-21-12-14-22(15-13-21)29(35)34(24-9-4-3-5-10-24)19-27-25-18-33(17-16-28(25)32(2)31-27)38(36,37)20-23-8-6-7-11-26(23)30/h3-15H,16-20H2,1-2H3. The zero-order valence-corrected chi connectivity index (χ0v) is 22.9. The van der Waals surface area contributed by atoms with Gasteiger partial charge < -0.3 is 4.90 Å². The smallest absolute Gasteiger partial charge is 0.258 e. The summed E-state index contributed by atoms with van der Waals surface area (Å²) in [5.74, 6) is -0.311. The molecule has 1 aliphatic rings. The fourth-order valence-electron chi connectivity index (χ4n) is 4.80. The van der Waals surface area contributed by atoms with Gasteiger partial charge in [-0.2, -0.15) is 9.40 Å². The Morgan fingerprint density at radius 2 is 1.68 bits per heavy atom. The van der Waals surface area contributed by atoms with Crippen LogP contribution in [-0.2, 0) is 42.3 Å². The minimum atomic E-state index is -3.62. The number of aryl methyl sites for hydroxylation is 2. The number of anilines is 1. The van der Waals surface area contributed by atoms with Gasteiger partial charge in [0, 0.05) is 54.1 Å². The molecule has 0 unspecified atom stereocenters. The summed E-state index contributed by atoms with van der Waals surface area (Å²) in [4.78, 5) is 15.4. The summed E-state index contributed by atoms with van der Waals surface area (Å²) < 4.78 is 30.1. The minimum Gasteiger partial charge on any atom is -0.302 e. The summed E-state index contributed by atoms with van der Waals surface area (Å²) in [6, 6.07) is 24.0. The topological polar surface area (TPSA) is 75.5 Å². The minimum absolute atomic E-state index is 0.144. The van der Waals surface area contributed by atoms with Crippen molar-refractivity contribution in [2.45, 2.75) is 32.2 Å². The number of para-hydroxylation sites is 1. The average Bonchev–Trinajstić information content (AvgIpc) is 3.23. The molecule has 0 saturated heterocycles. The lowest BCUT2D eigenvalue weighted by Gasteiger charge is -2.28. The second-order valence-corrected chi connectivity index (χ2v) is 11.9. The van der Waals surface area contributed by atoms with Gasteiger partial charge in [-0.25, -0.2) is 8.42 Å². The highest BCUT2D eigenvalue weighted by atomic mass is 35.5. The van der Waals surface area contributed by atoms with E-state index >= 15 is 0 Å². The van der Waals surface area contributed by atoms with E-state index in [2.05, 4.69) is 0 Å². The van der Waals surface area contributed by atoms with Gasteiger partial charge in [-0.15, -0.1) is 0 Å². The lowest BCUT2D eigenvalue weighted by Crippen LogP contribution is -2.37. The van der Waals surface area contributed by atoms with Gasteiger partial charge in [0.05, 0.1) is 18.0 Å². The molecule has 4 aromatic rings. The first-order chi connectivity index (χ1) is 18.2. The molecule has 0 spiro atoms. The number of carbonyl (C=O) groups is 1. The number of nitrogens with zero attached hydrogens (tertiary/aromatic N) is 4. The zero-order valence-electron chi connectivity index (χ0n) is 21.3. The molecule has 0 radical (unpaired) electrons. The molecule has 9 heteroatoms. The maximum atomic E-state index is 13.7. The predicted octanol–water partition coefficient (Wildman–Crippen LogP) is 5.12. The number of hydrogen-bond acceptors (Lipinski definition) is 4. The maximum absolute atomic E-state index is 13.7. The van der Waals surface area contributed by atoms with Crippen LogP contribution in [0.15, 0.2) is 78.9 Å². The monoisotopic (exact) mass is 548 g/mol. The Hall–Kier alpha value is -3.46. The first-order valence-corrected chi connectivity index (χ1v) is 14.4. The van der Waals surface area contributed by atoms with Crippen LogP contribution < -0.4 is 4.90 Å². The van der Waals surface area contributed by atoms with Crippen LogP contribution in [0.3, 0.4) is 0 Å². The molecule has 38 heavy (non-hydrogen) atoms. The van der Waals surface area contributed by atoms with Crippen LogP contribution in [0.4, 0.5) is 5.69 Å². The first-order valence-electron chi connectivity index (χ1n) is 12.4. The van der Waals surface area contributed by atoms with Crippen molar-refractivity contribution >= 4 is 33.2 Å². The van der Waals surface area contributed by atoms with Gasteiger partial charge in [0.2, 0.25) is 10.0 Å². The van der Waals surface area contributed by atoms with Gasteiger partial charge in [0.15, 0.2) is 0 Å². The number of sulfonamides is 1. The lowest BCUT2D eigenvalue weighted by atomic mass is 10.1. The Balaban J connectivity index is 1.45. The van der Waals surface area contributed by atoms with E-state index in [4.69, 9.17) is 16.7 Å². The maximum Gasteiger partial charge on any atom is 0.258 e. The second kappa shape index (κ2) is 10.7. The number of amides is 1. The Labute approximate surface area is 228 Å². The van der Waals surface area contributed by atoms with E-state index in [1.54, 1.807) is 29.2 Å². The van der Waals surface area contributed by atoms with E-state index < -0.39 is 10.0 Å². The molecule has 3 aromatic carbocycles. The molecule has 5 rings (SSSR count). The number of halogens is 1. The Bertz CT molecular complexity index is 1570. The van der Waals surface area contributed by atoms with Crippen LogP contribution in [0.5, 0.6) is 0 Å². The van der Waals surface area contributed by atoms with Crippen molar-refractivity contribution in [2.75, 3.05) is 11.4 Å². The highest BCUT2D eigenvalue weighted by Gasteiger charge is 2.32. The summed E-state index contributed by atoms with van der Waals surface area (Å²) in [7, 11) is -1.76. The highest BCUT2D eigenvalue weighted by Crippen LogP contribution is 2.29. The van der Waals surface area contributed by atoms with Crippen molar-refractivity contribution in [3.8, 4) is 0 Å². The van der Waals surface area contributed by atoms with E-state index in [9.17, 15) is 13.2 Å². The quantitative estimate of drug-likeness (QED) is 0.321. The normalized spacial score (nSPS) is 13.8. The molecule has 1 amide bonds. The van der Waals surface area contributed by atoms with Crippen LogP contribution in [0.2, 0.25) is 5.02 Å². The molecule has 7 nitrogen and oxygen atoms in total. The number of rotatable bonds is 7. The summed E-state index contributed by atoms with van der Waals surface area (Å²) in [5, 5.41) is 5.18. The van der Waals surface area contributed by atoms with Crippen molar-refractivity contribution in [1.82, 2.24) is 14.1 Å². The van der Waals surface area contributed by atoms with E-state index in [0.717, 1.165) is 22.5 Å². The van der Waals surface area contributed by atoms with Gasteiger partial charge >= 0.3 is 0 Å². The van der Waals surface area contributed by atoms with Crippen molar-refractivity contribution in [3.05, 3.63) is 118 Å². The van der Waals surface area contributed by atoms with Crippen LogP contribution >= 0.6 is 11.6 Å². The van der Waals surface area contributed by atoms with E-state index in [0.29, 0.717) is 34.8 Å². The molecule has 0 saturated carbocycles. The second-order valence-electron chi connectivity index (χ2n) is 9.52. The number of fused-ring (bicyclic) bond motifs is 1. The van der Waals surface area contributed by atoms with E-state index in [-0.39, 0.29) is 24.7 Å². The third kappa shape index (κ3) is 5.38. The fraction of sp³-hybridized carbons (Fsp3) is 0.241. The predicted molar refractivity (Wildman–Crippen MR) is 150 cm³/mol. The van der Waals surface area contributed by atoms with Gasteiger partial charge in [0.1, 0.15) is 0 Å². The molecular weight excluding hydrogens is 520 g/mol. The van der Waals surface area contributed by atoms with E-state index in [1.807, 2.05) is 73.3 Å². The molecule has 0 aliphatic carbocycles. The highest BCUT2D eigenvalue weighted by molar-refractivity contribution is 7.88. The van der Waals surface area contributed by atoms with Gasteiger partial charge in [0.25, 0.3) is 5.91 Å². The summed E-state index contributed by atoms with van der Waals surface area (Å²) >= 11 is 6.25. The molecule has 0 N–H and O–H groups in total. The zero-order chi connectivity index (χ0) is 26.9. The van der Waals surface area contributed by atoms with Crippen molar-refractivity contribution in [3.63, 3.8) is 0 Å². The fourth-order valence-corrected chi connectivity index (χ4v) is 6.61. The SMILES string of the molecule is Cc1ccc(C(=O)N(Cc2nn(C)c3c2CN(S(=O)(=O)Cc2ccccc2Cl)CC3)c2ccccc2)cc1. The Morgan fingerprint density at radius 1 is 1.00 bits per heavy atom. The van der Waals surface area contributed by atoms with E-state index in [1.165, 1.54) is 4.31 Å². The molecular formula is C29H29ClN4O3S. The number of hydrogen-bond donors (Lipinski definition) is 0. The molecule has 0 bridgehead atoms. The summed E-state index contributed by atoms with van der Waals surface area (Å²) in [6.07, 6.45) is 0.540. The Morgan fingerprint density at radius 3 is 2.39 bits per heavy atom. The number of aromatic nitrogens is 2. The van der Waals surface area contributed by atoms with Crippen molar-refractivity contribution < 1.29 is 13.2 Å². The molecule has 0 atom stereocenters. The van der Waals surface area contributed by atoms with Crippen molar-refractivity contribution in [1.29, 1.82) is 0 Å². The third-order valence-corrected chi connectivity index (χ3v) is 9.04. The molecule has 196 valence electrons. The van der Waals surface area contributed by atoms with Gasteiger partial charge in [-0.05, 0) is 42.8 Å². The molecule has 1 aliphatic heterocycles. The van der Waals surface area contributed by atoms with Crippen LogP contribution in [0, 0.1) is 6.92 Å². The largest absolute Gasteiger partial charge is 0.302 e. The first kappa shape index (κ1) is 26.2. The lowest BCUT2D eigenvalue weighted by molar-refractivity contribution is 0.0984. The molecule has 0 fully saturated rings. The number of carbonyl (C=O) groups excluding carboxylic acids is 1. The Kier molecular flexibility index (Phi) is 7.38. The summed E-state index contributed by atoms with van der Waals surface area (Å²) in [5.41, 5.74) is 5.49. The molecule has 2 heterocycles. The molecule has 1 aromatic heterocycles. The third-order valence-electron chi connectivity index (χ3n) is 6.90. The number of benzene rings is 3. The van der Waals surface area contributed by atoms with Crippen LogP contribution in [0.25, 0.3) is 0 Å². The summed E-state index contributed by atoms with van der Waals surface area (Å²) in [6.45, 7) is 2.77. The van der Waals surface area contributed by atoms with Crippen LogP contribution in [0.1, 0.15) is 38.4 Å².